The van der Waals surface area contributed by atoms with Crippen molar-refractivity contribution in [2.45, 2.75) is 0 Å². The number of benzene rings is 8. The summed E-state index contributed by atoms with van der Waals surface area (Å²) in [4.78, 5) is 0.582. The first-order chi connectivity index (χ1) is 31.3. The fourth-order valence-corrected chi connectivity index (χ4v) is 6.00. The molecule has 0 bridgehead atoms. The van der Waals surface area contributed by atoms with E-state index in [4.69, 9.17) is 17.8 Å². The molecule has 0 aliphatic heterocycles. The lowest BCUT2D eigenvalue weighted by Crippen LogP contribution is -2.11. The van der Waals surface area contributed by atoms with E-state index in [1.807, 2.05) is 60.7 Å². The van der Waals surface area contributed by atoms with Crippen LogP contribution in [0.4, 0.5) is 17.1 Å². The van der Waals surface area contributed by atoms with Gasteiger partial charge in [-0.1, -0.05) is 133 Å². The van der Waals surface area contributed by atoms with Gasteiger partial charge in [-0.25, -0.2) is 0 Å². The standard InChI is InChI=1S/C46H32N2/c1-3-14-35(15-4-1)41-19-9-11-21-44(41)47(38-17-5-2-6-18-38)39-27-23-34(24-28-39)37-26-30-46-43(32-37)42-20-10-12-22-45(42)48(46)40-29-25-33-13-7-8-16-36(33)31-40/h1-32H/i1D,2D,3D,4D,5D,6D,9D,11D,14D,15D,17D,18D,19D,21D,23D,24D,27D,28D. The third-order valence-electron chi connectivity index (χ3n) is 8.14. The quantitative estimate of drug-likeness (QED) is 0.177. The Hall–Kier alpha value is -6.38. The minimum absolute atomic E-state index is 0.194. The van der Waals surface area contributed by atoms with E-state index in [9.17, 15) is 6.85 Å². The first-order valence-electron chi connectivity index (χ1n) is 24.0. The van der Waals surface area contributed by atoms with Gasteiger partial charge in [-0.05, 0) is 88.0 Å². The summed E-state index contributed by atoms with van der Waals surface area (Å²) in [6, 6.07) is 10.8. The Kier molecular flexibility index (Phi) is 3.68. The molecule has 48 heavy (non-hydrogen) atoms. The van der Waals surface area contributed by atoms with Crippen LogP contribution in [-0.2, 0) is 0 Å². The third kappa shape index (κ3) is 4.83. The van der Waals surface area contributed by atoms with Gasteiger partial charge in [0.2, 0.25) is 0 Å². The van der Waals surface area contributed by atoms with Crippen LogP contribution in [0.3, 0.4) is 0 Å². The summed E-state index contributed by atoms with van der Waals surface area (Å²) in [5.41, 5.74) is -1.55. The van der Waals surface area contributed by atoms with Crippen molar-refractivity contribution < 1.29 is 24.7 Å². The summed E-state index contributed by atoms with van der Waals surface area (Å²) in [5.74, 6) is 0. The van der Waals surface area contributed by atoms with E-state index in [0.717, 1.165) is 32.9 Å². The monoisotopic (exact) mass is 630 g/mol. The number of anilines is 3. The van der Waals surface area contributed by atoms with Gasteiger partial charge in [-0.3, -0.25) is 0 Å². The highest BCUT2D eigenvalue weighted by Crippen LogP contribution is 2.41. The molecule has 0 amide bonds. The lowest BCUT2D eigenvalue weighted by Gasteiger charge is -2.28. The fourth-order valence-electron chi connectivity index (χ4n) is 6.00. The topological polar surface area (TPSA) is 8.17 Å². The van der Waals surface area contributed by atoms with Gasteiger partial charge in [-0.15, -0.1) is 0 Å². The maximum Gasteiger partial charge on any atom is 0.0645 e. The molecule has 226 valence electrons. The molecule has 1 aromatic heterocycles. The smallest absolute Gasteiger partial charge is 0.0645 e. The minimum atomic E-state index is -1.01. The summed E-state index contributed by atoms with van der Waals surface area (Å²) in [6.45, 7) is 0. The van der Waals surface area contributed by atoms with Crippen molar-refractivity contribution in [3.05, 3.63) is 194 Å². The molecule has 0 atom stereocenters. The lowest BCUT2D eigenvalue weighted by atomic mass is 10.0. The van der Waals surface area contributed by atoms with E-state index < -0.39 is 137 Å². The second-order valence-corrected chi connectivity index (χ2v) is 10.9. The zero-order chi connectivity index (χ0) is 47.5. The maximum absolute atomic E-state index is 9.55. The molecule has 0 fully saturated rings. The highest BCUT2D eigenvalue weighted by molar-refractivity contribution is 6.10. The van der Waals surface area contributed by atoms with Crippen molar-refractivity contribution in [3.8, 4) is 27.9 Å². The SMILES string of the molecule is [2H]c1c([2H])c([2H])c(-c2c([2H])c([2H])c([2H])c([2H])c2N(c2c([2H])c([2H])c([2H])c([2H])c2[2H])c2c([2H])c([2H])c(-c3ccc4c(c3)c3ccccc3n4-c3ccc4ccccc4c3)c([2H])c2[2H])c([2H])c1[2H]. The summed E-state index contributed by atoms with van der Waals surface area (Å²) in [7, 11) is 0. The zero-order valence-electron chi connectivity index (χ0n) is 43.0. The molecule has 0 saturated carbocycles. The Morgan fingerprint density at radius 3 is 1.94 bits per heavy atom. The largest absolute Gasteiger partial charge is 0.310 e. The van der Waals surface area contributed by atoms with Crippen molar-refractivity contribution in [3.63, 3.8) is 0 Å². The van der Waals surface area contributed by atoms with Gasteiger partial charge in [0, 0.05) is 33.4 Å². The zero-order valence-corrected chi connectivity index (χ0v) is 25.0. The minimum Gasteiger partial charge on any atom is -0.310 e. The Bertz CT molecular complexity index is 3520. The van der Waals surface area contributed by atoms with Crippen LogP contribution in [0.25, 0.3) is 60.5 Å². The number of hydrogen-bond acceptors (Lipinski definition) is 1. The van der Waals surface area contributed by atoms with Crippen LogP contribution in [-0.4, -0.2) is 4.57 Å². The lowest BCUT2D eigenvalue weighted by molar-refractivity contribution is 1.19. The molecule has 0 unspecified atom stereocenters. The normalized spacial score (nSPS) is 16.6. The van der Waals surface area contributed by atoms with Crippen molar-refractivity contribution in [2.24, 2.45) is 0 Å². The molecule has 0 saturated heterocycles. The van der Waals surface area contributed by atoms with E-state index in [2.05, 4.69) is 10.6 Å². The maximum atomic E-state index is 9.55. The summed E-state index contributed by atoms with van der Waals surface area (Å²) >= 11 is 0. The first-order valence-corrected chi connectivity index (χ1v) is 15.0. The molecule has 0 radical (unpaired) electrons. The molecule has 2 heteroatoms. The number of rotatable bonds is 6. The fraction of sp³-hybridized carbons (Fsp3) is 0. The average Bonchev–Trinajstić information content (AvgIpc) is 3.65. The number of nitrogens with zero attached hydrogens (tertiary/aromatic N) is 2. The highest BCUT2D eigenvalue weighted by atomic mass is 15.1. The van der Waals surface area contributed by atoms with E-state index in [1.54, 1.807) is 18.2 Å². The van der Waals surface area contributed by atoms with Crippen molar-refractivity contribution in [1.82, 2.24) is 4.57 Å². The van der Waals surface area contributed by atoms with Crippen LogP contribution >= 0.6 is 0 Å². The van der Waals surface area contributed by atoms with E-state index >= 15 is 0 Å². The molecule has 0 aliphatic carbocycles. The Balaban J connectivity index is 1.36. The predicted molar refractivity (Wildman–Crippen MR) is 204 cm³/mol. The van der Waals surface area contributed by atoms with Gasteiger partial charge in [0.1, 0.15) is 0 Å². The highest BCUT2D eigenvalue weighted by Gasteiger charge is 2.18. The van der Waals surface area contributed by atoms with Crippen LogP contribution in [0, 0.1) is 0 Å². The Morgan fingerprint density at radius 1 is 0.438 bits per heavy atom. The van der Waals surface area contributed by atoms with Gasteiger partial charge in [-0.2, -0.15) is 0 Å². The van der Waals surface area contributed by atoms with Crippen molar-refractivity contribution >= 4 is 49.6 Å². The van der Waals surface area contributed by atoms with Gasteiger partial charge in [0.25, 0.3) is 0 Å². The van der Waals surface area contributed by atoms with Gasteiger partial charge in [0.05, 0.1) is 41.4 Å². The summed E-state index contributed by atoms with van der Waals surface area (Å²) < 4.78 is 162. The first kappa shape index (κ1) is 15.0. The van der Waals surface area contributed by atoms with Gasteiger partial charge in [0.15, 0.2) is 0 Å². The van der Waals surface area contributed by atoms with Gasteiger partial charge >= 0.3 is 0 Å². The van der Waals surface area contributed by atoms with E-state index in [1.165, 1.54) is 0 Å². The number of aromatic nitrogens is 1. The van der Waals surface area contributed by atoms with Crippen LogP contribution < -0.4 is 4.90 Å². The van der Waals surface area contributed by atoms with Crippen molar-refractivity contribution in [1.29, 1.82) is 0 Å². The molecule has 0 N–H and O–H groups in total. The Morgan fingerprint density at radius 2 is 1.10 bits per heavy atom. The average molecular weight is 631 g/mol. The molecular weight excluding hydrogens is 581 g/mol. The molecule has 2 nitrogen and oxygen atoms in total. The molecule has 8 aromatic carbocycles. The number of hydrogen-bond donors (Lipinski definition) is 0. The van der Waals surface area contributed by atoms with Crippen molar-refractivity contribution in [2.75, 3.05) is 4.90 Å². The van der Waals surface area contributed by atoms with Crippen LogP contribution in [0.5, 0.6) is 0 Å². The Labute approximate surface area is 305 Å². The van der Waals surface area contributed by atoms with E-state index in [-0.39, 0.29) is 11.1 Å². The summed E-state index contributed by atoms with van der Waals surface area (Å²) in [5, 5.41) is 3.60. The molecule has 0 spiro atoms. The number of fused-ring (bicyclic) bond motifs is 4. The predicted octanol–water partition coefficient (Wildman–Crippen LogP) is 12.7. The van der Waals surface area contributed by atoms with Crippen LogP contribution in [0.2, 0.25) is 0 Å². The number of para-hydroxylation sites is 3. The van der Waals surface area contributed by atoms with E-state index in [0.29, 0.717) is 10.3 Å². The molecule has 1 heterocycles. The van der Waals surface area contributed by atoms with Crippen LogP contribution in [0.15, 0.2) is 194 Å². The molecular formula is C46H32N2. The summed E-state index contributed by atoms with van der Waals surface area (Å²) in [6.07, 6.45) is 0. The molecule has 9 rings (SSSR count). The third-order valence-corrected chi connectivity index (χ3v) is 8.14. The van der Waals surface area contributed by atoms with Gasteiger partial charge < -0.3 is 9.47 Å². The second kappa shape index (κ2) is 11.8. The molecule has 0 aliphatic rings. The second-order valence-electron chi connectivity index (χ2n) is 10.9. The van der Waals surface area contributed by atoms with Crippen LogP contribution in [0.1, 0.15) is 24.7 Å². The molecule has 9 aromatic rings.